The van der Waals surface area contributed by atoms with Crippen LogP contribution in [-0.2, 0) is 19.1 Å². The molecule has 6 heteroatoms. The molecule has 0 fully saturated rings. The van der Waals surface area contributed by atoms with Gasteiger partial charge in [0.05, 0.1) is 20.1 Å². The maximum absolute atomic E-state index is 11.9. The Morgan fingerprint density at radius 1 is 1.28 bits per heavy atom. The van der Waals surface area contributed by atoms with Crippen LogP contribution in [-0.4, -0.2) is 56.3 Å². The van der Waals surface area contributed by atoms with Crippen molar-refractivity contribution in [1.29, 1.82) is 0 Å². The molecule has 0 aromatic carbocycles. The molecule has 0 aromatic heterocycles. The first-order valence-electron chi connectivity index (χ1n) is 5.70. The average Bonchev–Trinajstić information content (AvgIpc) is 2.35. The first-order valence-corrected chi connectivity index (χ1v) is 5.70. The van der Waals surface area contributed by atoms with Gasteiger partial charge in [-0.1, -0.05) is 5.57 Å². The molecule has 1 aliphatic rings. The Labute approximate surface area is 107 Å². The molecule has 0 saturated heterocycles. The van der Waals surface area contributed by atoms with Gasteiger partial charge in [0, 0.05) is 20.3 Å². The number of hydrogen-bond acceptors (Lipinski definition) is 6. The van der Waals surface area contributed by atoms with Gasteiger partial charge in [-0.25, -0.2) is 9.80 Å². The molecule has 0 radical (unpaired) electrons. The number of carbonyl (C=O) groups is 2. The summed E-state index contributed by atoms with van der Waals surface area (Å²) in [5.74, 6) is -1.39. The van der Waals surface area contributed by atoms with Crippen LogP contribution in [0.2, 0.25) is 0 Å². The van der Waals surface area contributed by atoms with Crippen LogP contribution < -0.4 is 0 Å². The molecule has 1 heterocycles. The number of carbonyl (C=O) groups excluding carboxylic acids is 2. The number of allylic oxidation sites excluding steroid dienone is 1. The number of hydrazine groups is 1. The molecular formula is C12H20N2O4. The van der Waals surface area contributed by atoms with Gasteiger partial charge in [0.25, 0.3) is 0 Å². The lowest BCUT2D eigenvalue weighted by Crippen LogP contribution is -2.54. The lowest BCUT2D eigenvalue weighted by atomic mass is 9.89. The van der Waals surface area contributed by atoms with E-state index in [1.165, 1.54) is 14.2 Å². The third-order valence-electron chi connectivity index (χ3n) is 2.97. The SMILES string of the molecule is COC(=O)C1CC(C)=CN(N(C)C)C1C(=O)OC. The molecule has 6 nitrogen and oxygen atoms in total. The molecule has 0 saturated carbocycles. The van der Waals surface area contributed by atoms with Crippen LogP contribution in [0.15, 0.2) is 11.8 Å². The first kappa shape index (κ1) is 14.5. The third kappa shape index (κ3) is 2.81. The second-order valence-electron chi connectivity index (χ2n) is 4.50. The molecule has 0 bridgehead atoms. The molecule has 1 aliphatic heterocycles. The summed E-state index contributed by atoms with van der Waals surface area (Å²) in [6, 6.07) is -0.679. The summed E-state index contributed by atoms with van der Waals surface area (Å²) in [6.07, 6.45) is 2.35. The molecule has 0 aliphatic carbocycles. The fourth-order valence-corrected chi connectivity index (χ4v) is 2.12. The van der Waals surface area contributed by atoms with E-state index in [0.29, 0.717) is 6.42 Å². The summed E-state index contributed by atoms with van der Waals surface area (Å²) in [5.41, 5.74) is 1.01. The van der Waals surface area contributed by atoms with Gasteiger partial charge < -0.3 is 9.47 Å². The summed E-state index contributed by atoms with van der Waals surface area (Å²) in [4.78, 5) is 23.7. The van der Waals surface area contributed by atoms with Gasteiger partial charge in [-0.2, -0.15) is 0 Å². The molecule has 2 atom stereocenters. The van der Waals surface area contributed by atoms with Crippen molar-refractivity contribution >= 4 is 11.9 Å². The van der Waals surface area contributed by atoms with Crippen molar-refractivity contribution in [2.24, 2.45) is 5.92 Å². The Morgan fingerprint density at radius 2 is 1.83 bits per heavy atom. The van der Waals surface area contributed by atoms with Crippen molar-refractivity contribution in [1.82, 2.24) is 10.0 Å². The minimum Gasteiger partial charge on any atom is -0.469 e. The maximum Gasteiger partial charge on any atom is 0.331 e. The van der Waals surface area contributed by atoms with Crippen LogP contribution >= 0.6 is 0 Å². The highest BCUT2D eigenvalue weighted by Crippen LogP contribution is 2.28. The maximum atomic E-state index is 11.9. The number of nitrogens with zero attached hydrogens (tertiary/aromatic N) is 2. The average molecular weight is 256 g/mol. The van der Waals surface area contributed by atoms with E-state index in [9.17, 15) is 9.59 Å². The van der Waals surface area contributed by atoms with E-state index < -0.39 is 23.9 Å². The fourth-order valence-electron chi connectivity index (χ4n) is 2.12. The van der Waals surface area contributed by atoms with Crippen LogP contribution in [0.1, 0.15) is 13.3 Å². The van der Waals surface area contributed by atoms with Crippen molar-refractivity contribution in [3.63, 3.8) is 0 Å². The molecule has 1 rings (SSSR count). The molecule has 0 spiro atoms. The highest BCUT2D eigenvalue weighted by atomic mass is 16.5. The van der Waals surface area contributed by atoms with Crippen molar-refractivity contribution in [3.05, 3.63) is 11.8 Å². The van der Waals surface area contributed by atoms with Crippen LogP contribution in [0.5, 0.6) is 0 Å². The van der Waals surface area contributed by atoms with Crippen molar-refractivity contribution < 1.29 is 19.1 Å². The van der Waals surface area contributed by atoms with Gasteiger partial charge in [-0.3, -0.25) is 9.80 Å². The fraction of sp³-hybridized carbons (Fsp3) is 0.667. The van der Waals surface area contributed by atoms with E-state index in [4.69, 9.17) is 9.47 Å². The van der Waals surface area contributed by atoms with Crippen LogP contribution in [0.25, 0.3) is 0 Å². The predicted octanol–water partition coefficient (Wildman–Crippen LogP) is 0.403. The number of esters is 2. The molecule has 0 N–H and O–H groups in total. The highest BCUT2D eigenvalue weighted by Gasteiger charge is 2.42. The van der Waals surface area contributed by atoms with E-state index in [0.717, 1.165) is 5.57 Å². The summed E-state index contributed by atoms with van der Waals surface area (Å²) >= 11 is 0. The largest absolute Gasteiger partial charge is 0.469 e. The minimum absolute atomic E-state index is 0.398. The number of rotatable bonds is 3. The summed E-state index contributed by atoms with van der Waals surface area (Å²) in [7, 11) is 6.25. The molecular weight excluding hydrogens is 236 g/mol. The summed E-state index contributed by atoms with van der Waals surface area (Å²) < 4.78 is 9.56. The Balaban J connectivity index is 3.13. The lowest BCUT2D eigenvalue weighted by Gasteiger charge is -2.40. The molecule has 102 valence electrons. The third-order valence-corrected chi connectivity index (χ3v) is 2.97. The molecule has 18 heavy (non-hydrogen) atoms. The van der Waals surface area contributed by atoms with Crippen LogP contribution in [0.4, 0.5) is 0 Å². The van der Waals surface area contributed by atoms with Gasteiger partial charge in [0.1, 0.15) is 0 Å². The smallest absolute Gasteiger partial charge is 0.331 e. The second kappa shape index (κ2) is 5.86. The van der Waals surface area contributed by atoms with Gasteiger partial charge in [0.2, 0.25) is 0 Å². The Kier molecular flexibility index (Phi) is 4.72. The zero-order valence-corrected chi connectivity index (χ0v) is 11.5. The van der Waals surface area contributed by atoms with E-state index in [1.807, 2.05) is 13.1 Å². The highest BCUT2D eigenvalue weighted by molar-refractivity contribution is 5.85. The van der Waals surface area contributed by atoms with Crippen molar-refractivity contribution in [2.75, 3.05) is 28.3 Å². The van der Waals surface area contributed by atoms with Gasteiger partial charge in [0.15, 0.2) is 6.04 Å². The molecule has 0 aromatic rings. The number of ether oxygens (including phenoxy) is 2. The Morgan fingerprint density at radius 3 is 2.28 bits per heavy atom. The van der Waals surface area contributed by atoms with Crippen molar-refractivity contribution in [2.45, 2.75) is 19.4 Å². The summed E-state index contributed by atoms with van der Waals surface area (Å²) in [6.45, 7) is 1.92. The Bertz CT molecular complexity index is 365. The van der Waals surface area contributed by atoms with E-state index in [1.54, 1.807) is 24.1 Å². The van der Waals surface area contributed by atoms with Gasteiger partial charge in [-0.15, -0.1) is 0 Å². The zero-order valence-electron chi connectivity index (χ0n) is 11.5. The first-order chi connectivity index (χ1) is 8.42. The molecule has 0 amide bonds. The van der Waals surface area contributed by atoms with E-state index in [-0.39, 0.29) is 0 Å². The molecule has 2 unspecified atom stereocenters. The normalized spacial score (nSPS) is 23.7. The van der Waals surface area contributed by atoms with Gasteiger partial charge in [-0.05, 0) is 13.3 Å². The Hall–Kier alpha value is -1.56. The monoisotopic (exact) mass is 256 g/mol. The summed E-state index contributed by atoms with van der Waals surface area (Å²) in [5, 5.41) is 3.45. The van der Waals surface area contributed by atoms with Gasteiger partial charge >= 0.3 is 11.9 Å². The van der Waals surface area contributed by atoms with E-state index in [2.05, 4.69) is 0 Å². The van der Waals surface area contributed by atoms with Crippen LogP contribution in [0.3, 0.4) is 0 Å². The topological polar surface area (TPSA) is 59.1 Å². The quantitative estimate of drug-likeness (QED) is 0.681. The van der Waals surface area contributed by atoms with Crippen molar-refractivity contribution in [3.8, 4) is 0 Å². The standard InChI is InChI=1S/C12H20N2O4/c1-8-6-9(11(15)17-4)10(12(16)18-5)14(7-8)13(2)3/h7,9-10H,6H2,1-5H3. The predicted molar refractivity (Wildman–Crippen MR) is 65.2 cm³/mol. The minimum atomic E-state index is -0.679. The lowest BCUT2D eigenvalue weighted by molar-refractivity contribution is -0.165. The van der Waals surface area contributed by atoms with E-state index >= 15 is 0 Å². The number of methoxy groups -OCH3 is 2. The van der Waals surface area contributed by atoms with Crippen LogP contribution in [0, 0.1) is 5.92 Å². The number of hydrogen-bond donors (Lipinski definition) is 0. The zero-order chi connectivity index (χ0) is 13.9. The second-order valence-corrected chi connectivity index (χ2v) is 4.50.